The van der Waals surface area contributed by atoms with Gasteiger partial charge in [-0.15, -0.1) is 0 Å². The van der Waals surface area contributed by atoms with Crippen molar-refractivity contribution in [1.29, 1.82) is 0 Å². The van der Waals surface area contributed by atoms with Crippen molar-refractivity contribution in [3.8, 4) is 5.75 Å². The zero-order chi connectivity index (χ0) is 15.5. The van der Waals surface area contributed by atoms with E-state index in [2.05, 4.69) is 5.32 Å². The summed E-state index contributed by atoms with van der Waals surface area (Å²) in [7, 11) is 0. The van der Waals surface area contributed by atoms with E-state index in [1.165, 1.54) is 24.3 Å². The van der Waals surface area contributed by atoms with E-state index in [9.17, 15) is 14.0 Å². The lowest BCUT2D eigenvalue weighted by Gasteiger charge is -2.07. The lowest BCUT2D eigenvalue weighted by molar-refractivity contribution is -0.137. The fourth-order valence-corrected chi connectivity index (χ4v) is 1.69. The van der Waals surface area contributed by atoms with Gasteiger partial charge in [-0.3, -0.25) is 9.59 Å². The van der Waals surface area contributed by atoms with Crippen LogP contribution in [0.1, 0.15) is 32.1 Å². The lowest BCUT2D eigenvalue weighted by Crippen LogP contribution is -2.25. The minimum Gasteiger partial charge on any atom is -0.493 e. The molecule has 0 aliphatic rings. The maximum atomic E-state index is 12.7. The number of ether oxygens (including phenoxy) is 1. The minimum absolute atomic E-state index is 0.115. The Hall–Kier alpha value is -2.11. The number of rotatable bonds is 10. The molecule has 1 rings (SSSR count). The number of hydrogen-bond acceptors (Lipinski definition) is 3. The number of amides is 1. The molecule has 1 amide bonds. The molecule has 0 atom stereocenters. The molecule has 0 aliphatic carbocycles. The summed E-state index contributed by atoms with van der Waals surface area (Å²) in [5.41, 5.74) is 0. The highest BCUT2D eigenvalue weighted by atomic mass is 19.1. The highest BCUT2D eigenvalue weighted by Gasteiger charge is 2.02. The fourth-order valence-electron chi connectivity index (χ4n) is 1.69. The summed E-state index contributed by atoms with van der Waals surface area (Å²) in [4.78, 5) is 21.8. The van der Waals surface area contributed by atoms with Gasteiger partial charge >= 0.3 is 5.97 Å². The van der Waals surface area contributed by atoms with E-state index in [4.69, 9.17) is 9.84 Å². The van der Waals surface area contributed by atoms with Crippen molar-refractivity contribution >= 4 is 11.9 Å². The van der Waals surface area contributed by atoms with Gasteiger partial charge in [-0.05, 0) is 37.1 Å². The average molecular weight is 297 g/mol. The third kappa shape index (κ3) is 8.62. The van der Waals surface area contributed by atoms with Gasteiger partial charge < -0.3 is 15.2 Å². The van der Waals surface area contributed by atoms with Crippen LogP contribution >= 0.6 is 0 Å². The molecule has 6 heteroatoms. The highest BCUT2D eigenvalue weighted by molar-refractivity contribution is 5.75. The summed E-state index contributed by atoms with van der Waals surface area (Å²) in [6, 6.07) is 5.62. The molecule has 0 spiro atoms. The van der Waals surface area contributed by atoms with Crippen LogP contribution in [0.15, 0.2) is 24.3 Å². The van der Waals surface area contributed by atoms with Gasteiger partial charge in [-0.1, -0.05) is 6.42 Å². The second-order valence-electron chi connectivity index (χ2n) is 4.61. The molecule has 0 bridgehead atoms. The number of unbranched alkanes of at least 4 members (excludes halogenated alkanes) is 2. The van der Waals surface area contributed by atoms with E-state index in [-0.39, 0.29) is 31.2 Å². The van der Waals surface area contributed by atoms with Gasteiger partial charge in [0.05, 0.1) is 13.0 Å². The quantitative estimate of drug-likeness (QED) is 0.650. The van der Waals surface area contributed by atoms with E-state index in [1.54, 1.807) is 0 Å². The fraction of sp³-hybridized carbons (Fsp3) is 0.467. The maximum Gasteiger partial charge on any atom is 0.303 e. The molecule has 1 aromatic carbocycles. The Morgan fingerprint density at radius 3 is 2.48 bits per heavy atom. The highest BCUT2D eigenvalue weighted by Crippen LogP contribution is 2.11. The van der Waals surface area contributed by atoms with Gasteiger partial charge in [0.25, 0.3) is 0 Å². The van der Waals surface area contributed by atoms with Crippen molar-refractivity contribution < 1.29 is 23.8 Å². The van der Waals surface area contributed by atoms with Gasteiger partial charge in [0.1, 0.15) is 11.6 Å². The largest absolute Gasteiger partial charge is 0.493 e. The van der Waals surface area contributed by atoms with E-state index < -0.39 is 5.97 Å². The molecule has 0 radical (unpaired) electrons. The summed E-state index contributed by atoms with van der Waals surface area (Å²) in [5, 5.41) is 11.2. The molecule has 0 unspecified atom stereocenters. The van der Waals surface area contributed by atoms with Gasteiger partial charge in [-0.25, -0.2) is 4.39 Å². The normalized spacial score (nSPS) is 10.1. The number of carboxylic acid groups (broad SMARTS) is 1. The number of carboxylic acids is 1. The first-order valence-electron chi connectivity index (χ1n) is 6.95. The van der Waals surface area contributed by atoms with Crippen molar-refractivity contribution in [2.45, 2.75) is 32.1 Å². The molecule has 0 heterocycles. The molecule has 0 aromatic heterocycles. The van der Waals surface area contributed by atoms with E-state index in [0.29, 0.717) is 18.7 Å². The Morgan fingerprint density at radius 2 is 1.81 bits per heavy atom. The van der Waals surface area contributed by atoms with Gasteiger partial charge in [0.2, 0.25) is 5.91 Å². The molecule has 0 fully saturated rings. The predicted molar refractivity (Wildman–Crippen MR) is 75.6 cm³/mol. The van der Waals surface area contributed by atoms with Crippen LogP contribution < -0.4 is 10.1 Å². The van der Waals surface area contributed by atoms with E-state index in [1.807, 2.05) is 0 Å². The van der Waals surface area contributed by atoms with E-state index in [0.717, 1.165) is 12.8 Å². The van der Waals surface area contributed by atoms with Crippen molar-refractivity contribution in [2.75, 3.05) is 13.2 Å². The Morgan fingerprint density at radius 1 is 1.10 bits per heavy atom. The third-order valence-corrected chi connectivity index (χ3v) is 2.80. The Kier molecular flexibility index (Phi) is 7.86. The predicted octanol–water partition coefficient (Wildman–Crippen LogP) is 2.36. The SMILES string of the molecule is O=C(O)CCCCCNC(=O)CCOc1ccc(F)cc1. The van der Waals surface area contributed by atoms with Crippen LogP contribution in [0.3, 0.4) is 0 Å². The Balaban J connectivity index is 2.01. The second kappa shape index (κ2) is 9.74. The van der Waals surface area contributed by atoms with Crippen LogP contribution in [0.25, 0.3) is 0 Å². The van der Waals surface area contributed by atoms with Crippen molar-refractivity contribution in [3.63, 3.8) is 0 Å². The van der Waals surface area contributed by atoms with Crippen LogP contribution in [0.4, 0.5) is 4.39 Å². The summed E-state index contributed by atoms with van der Waals surface area (Å²) >= 11 is 0. The van der Waals surface area contributed by atoms with Crippen LogP contribution in [0, 0.1) is 5.82 Å². The summed E-state index contributed by atoms with van der Waals surface area (Å²) in [6.45, 7) is 0.769. The monoisotopic (exact) mass is 297 g/mol. The molecule has 1 aromatic rings. The zero-order valence-electron chi connectivity index (χ0n) is 11.8. The maximum absolute atomic E-state index is 12.7. The Bertz CT molecular complexity index is 447. The number of nitrogens with one attached hydrogen (secondary N) is 1. The second-order valence-corrected chi connectivity index (χ2v) is 4.61. The third-order valence-electron chi connectivity index (χ3n) is 2.80. The van der Waals surface area contributed by atoms with E-state index >= 15 is 0 Å². The summed E-state index contributed by atoms with van der Waals surface area (Å²) in [5.74, 6) is -0.715. The average Bonchev–Trinajstić information content (AvgIpc) is 2.44. The van der Waals surface area contributed by atoms with Crippen LogP contribution in [0.2, 0.25) is 0 Å². The number of carbonyl (C=O) groups excluding carboxylic acids is 1. The Labute approximate surface area is 123 Å². The smallest absolute Gasteiger partial charge is 0.303 e. The number of hydrogen-bond donors (Lipinski definition) is 2. The molecule has 5 nitrogen and oxygen atoms in total. The number of carbonyl (C=O) groups is 2. The van der Waals surface area contributed by atoms with Crippen LogP contribution in [-0.4, -0.2) is 30.1 Å². The molecular formula is C15H20FNO4. The molecular weight excluding hydrogens is 277 g/mol. The molecule has 0 aliphatic heterocycles. The molecule has 2 N–H and O–H groups in total. The summed E-state index contributed by atoms with van der Waals surface area (Å²) in [6.07, 6.45) is 2.56. The first kappa shape index (κ1) is 16.9. The van der Waals surface area contributed by atoms with Gasteiger partial charge in [-0.2, -0.15) is 0 Å². The topological polar surface area (TPSA) is 75.6 Å². The first-order chi connectivity index (χ1) is 10.1. The zero-order valence-corrected chi connectivity index (χ0v) is 11.8. The first-order valence-corrected chi connectivity index (χ1v) is 6.95. The van der Waals surface area contributed by atoms with Crippen molar-refractivity contribution in [2.24, 2.45) is 0 Å². The number of benzene rings is 1. The molecule has 21 heavy (non-hydrogen) atoms. The standard InChI is InChI=1S/C15H20FNO4/c16-12-5-7-13(8-6-12)21-11-9-14(18)17-10-3-1-2-4-15(19)20/h5-8H,1-4,9-11H2,(H,17,18)(H,19,20). The molecule has 0 saturated carbocycles. The minimum atomic E-state index is -0.794. The van der Waals surface area contributed by atoms with Crippen molar-refractivity contribution in [1.82, 2.24) is 5.32 Å². The summed E-state index contributed by atoms with van der Waals surface area (Å²) < 4.78 is 18.0. The lowest BCUT2D eigenvalue weighted by atomic mass is 10.2. The number of aliphatic carboxylic acids is 1. The van der Waals surface area contributed by atoms with Crippen LogP contribution in [-0.2, 0) is 9.59 Å². The molecule has 116 valence electrons. The van der Waals surface area contributed by atoms with Crippen LogP contribution in [0.5, 0.6) is 5.75 Å². The van der Waals surface area contributed by atoms with Gasteiger partial charge in [0, 0.05) is 13.0 Å². The van der Waals surface area contributed by atoms with Gasteiger partial charge in [0.15, 0.2) is 0 Å². The molecule has 0 saturated heterocycles. The number of halogens is 1. The van der Waals surface area contributed by atoms with Crippen molar-refractivity contribution in [3.05, 3.63) is 30.1 Å².